The molecule has 0 spiro atoms. The molecule has 0 atom stereocenters. The van der Waals surface area contributed by atoms with Gasteiger partial charge < -0.3 is 0 Å². The van der Waals surface area contributed by atoms with Crippen molar-refractivity contribution in [1.29, 1.82) is 0 Å². The van der Waals surface area contributed by atoms with Crippen LogP contribution in [0.5, 0.6) is 0 Å². The molecular weight excluding hydrogens is 350 g/mol. The number of hydrogen-bond donors (Lipinski definition) is 0. The van der Waals surface area contributed by atoms with E-state index in [0.717, 1.165) is 0 Å². The minimum absolute atomic E-state index is 0.944. The molecule has 19 heavy (non-hydrogen) atoms. The second-order valence-corrected chi connectivity index (χ2v) is 19.7. The molecule has 0 saturated carbocycles. The molecule has 0 saturated heterocycles. The molecule has 0 amide bonds. The summed E-state index contributed by atoms with van der Waals surface area (Å²) in [5.74, 6) is 0. The maximum atomic E-state index is 4.97. The van der Waals surface area contributed by atoms with Crippen molar-refractivity contribution < 1.29 is 14.7 Å². The third kappa shape index (κ3) is 6.63. The first-order chi connectivity index (χ1) is 8.70. The monoisotopic (exact) mass is 372 g/mol. The second-order valence-electron chi connectivity index (χ2n) is 6.46. The third-order valence-electron chi connectivity index (χ3n) is 3.51. The van der Waals surface area contributed by atoms with Gasteiger partial charge in [0.1, 0.15) is 0 Å². The average Bonchev–Trinajstić information content (AvgIpc) is 2.53. The van der Waals surface area contributed by atoms with Crippen LogP contribution >= 0.6 is 27.9 Å². The van der Waals surface area contributed by atoms with Gasteiger partial charge in [0.25, 0.3) is 0 Å². The normalized spacial score (nSPS) is 14.5. The molecule has 1 aliphatic carbocycles. The van der Waals surface area contributed by atoms with Gasteiger partial charge in [-0.2, -0.15) is 22.3 Å². The molecule has 0 aliphatic heterocycles. The van der Waals surface area contributed by atoms with E-state index >= 15 is 0 Å². The van der Waals surface area contributed by atoms with Gasteiger partial charge in [-0.15, -0.1) is 0 Å². The van der Waals surface area contributed by atoms with Crippen molar-refractivity contribution in [3.63, 3.8) is 0 Å². The topological polar surface area (TPSA) is 0 Å². The summed E-state index contributed by atoms with van der Waals surface area (Å²) in [6, 6.07) is 3.88. The van der Waals surface area contributed by atoms with Crippen LogP contribution in [0, 0.1) is 6.92 Å². The molecule has 108 valence electrons. The molecule has 0 radical (unpaired) electrons. The van der Waals surface area contributed by atoms with Gasteiger partial charge in [0.15, 0.2) is 0 Å². The van der Waals surface area contributed by atoms with E-state index in [4.69, 9.17) is 27.9 Å². The van der Waals surface area contributed by atoms with Gasteiger partial charge in [0, 0.05) is 8.07 Å². The van der Waals surface area contributed by atoms with E-state index in [1.54, 1.807) is 22.3 Å². The van der Waals surface area contributed by atoms with Crippen molar-refractivity contribution >= 4 is 36.0 Å². The number of fused-ring (bicyclic) bond motifs is 1. The summed E-state index contributed by atoms with van der Waals surface area (Å²) in [4.78, 5) is 0. The molecule has 0 unspecified atom stereocenters. The molecule has 1 aromatic rings. The number of halogens is 3. The fourth-order valence-electron chi connectivity index (χ4n) is 2.78. The average molecular weight is 374 g/mol. The van der Waals surface area contributed by atoms with Gasteiger partial charge in [-0.1, -0.05) is 58.3 Å². The summed E-state index contributed by atoms with van der Waals surface area (Å²) in [7, 11) is 14.0. The van der Waals surface area contributed by atoms with Crippen LogP contribution in [0.15, 0.2) is 6.07 Å². The Morgan fingerprint density at radius 1 is 1.16 bits per heavy atom. The molecular formula is C14H23Cl3SiTi. The zero-order chi connectivity index (χ0) is 14.6. The maximum absolute atomic E-state index is 4.97. The summed E-state index contributed by atoms with van der Waals surface area (Å²) in [5, 5.41) is 0. The Labute approximate surface area is 136 Å². The quantitative estimate of drug-likeness (QED) is 0.435. The second kappa shape index (κ2) is 7.96. The molecule has 1 aromatic carbocycles. The SMILES string of the molecule is C[c-]1c(C[Si](C)(C)C)cc2c1CCCC2.[Cl][Ti+]([Cl])[Cl]. The van der Waals surface area contributed by atoms with Crippen molar-refractivity contribution in [2.24, 2.45) is 0 Å². The van der Waals surface area contributed by atoms with E-state index in [1.165, 1.54) is 31.7 Å². The van der Waals surface area contributed by atoms with Gasteiger partial charge in [-0.05, 0) is 0 Å². The van der Waals surface area contributed by atoms with E-state index in [0.29, 0.717) is 0 Å². The Morgan fingerprint density at radius 2 is 1.68 bits per heavy atom. The number of rotatable bonds is 2. The number of hydrogen-bond acceptors (Lipinski definition) is 0. The van der Waals surface area contributed by atoms with Gasteiger partial charge in [0.2, 0.25) is 0 Å². The Balaban J connectivity index is 0.000000399. The van der Waals surface area contributed by atoms with Crippen molar-refractivity contribution in [2.45, 2.75) is 58.3 Å². The Hall–Kier alpha value is 1.15. The van der Waals surface area contributed by atoms with Crippen LogP contribution in [0.25, 0.3) is 0 Å². The minimum atomic E-state index is -1.92. The summed E-state index contributed by atoms with van der Waals surface area (Å²) < 4.78 is 0. The Bertz CT molecular complexity index is 405. The van der Waals surface area contributed by atoms with Gasteiger partial charge in [-0.25, -0.2) is 6.07 Å². The molecule has 0 bridgehead atoms. The van der Waals surface area contributed by atoms with Crippen LogP contribution in [-0.2, 0) is 33.6 Å². The molecule has 0 fully saturated rings. The van der Waals surface area contributed by atoms with Gasteiger partial charge in [-0.3, -0.25) is 0 Å². The first-order valence-corrected chi connectivity index (χ1v) is 17.0. The molecule has 0 aromatic heterocycles. The predicted molar refractivity (Wildman–Crippen MR) is 88.0 cm³/mol. The van der Waals surface area contributed by atoms with Crippen LogP contribution in [0.3, 0.4) is 0 Å². The van der Waals surface area contributed by atoms with Crippen LogP contribution < -0.4 is 0 Å². The zero-order valence-electron chi connectivity index (χ0n) is 12.2. The van der Waals surface area contributed by atoms with Crippen LogP contribution in [-0.4, -0.2) is 8.07 Å². The standard InChI is InChI=1S/C14H23Si.3ClH.Ti/c1-11-13(10-15(2,3)4)9-12-7-5-6-8-14(11)12;;;;/h9H,5-8,10H2,1-4H3;3*1H;/q-1;;;;+4/p-3. The molecule has 0 heterocycles. The summed E-state index contributed by atoms with van der Waals surface area (Å²) in [5.41, 5.74) is 6.68. The first-order valence-electron chi connectivity index (χ1n) is 6.81. The summed E-state index contributed by atoms with van der Waals surface area (Å²) in [6.07, 6.45) is 5.49. The third-order valence-corrected chi connectivity index (χ3v) is 4.96. The van der Waals surface area contributed by atoms with E-state index in [-0.39, 0.29) is 0 Å². The van der Waals surface area contributed by atoms with E-state index in [1.807, 2.05) is 0 Å². The van der Waals surface area contributed by atoms with Crippen molar-refractivity contribution in [3.05, 3.63) is 28.3 Å². The number of aryl methyl sites for hydroxylation is 1. The van der Waals surface area contributed by atoms with Crippen LogP contribution in [0.4, 0.5) is 0 Å². The van der Waals surface area contributed by atoms with Crippen LogP contribution in [0.2, 0.25) is 19.6 Å². The predicted octanol–water partition coefficient (Wildman–Crippen LogP) is 6.08. The van der Waals surface area contributed by atoms with Crippen LogP contribution in [0.1, 0.15) is 35.1 Å². The fraction of sp³-hybridized carbons (Fsp3) is 0.643. The fourth-order valence-corrected chi connectivity index (χ4v) is 4.29. The first kappa shape index (κ1) is 18.2. The molecule has 0 N–H and O–H groups in total. The van der Waals surface area contributed by atoms with Crippen molar-refractivity contribution in [3.8, 4) is 0 Å². The van der Waals surface area contributed by atoms with Gasteiger partial charge in [0.05, 0.1) is 0 Å². The Kier molecular flexibility index (Phi) is 7.63. The molecule has 1 aliphatic rings. The van der Waals surface area contributed by atoms with E-state index in [2.05, 4.69) is 32.6 Å². The van der Waals surface area contributed by atoms with E-state index < -0.39 is 22.8 Å². The Morgan fingerprint density at radius 3 is 2.16 bits per heavy atom. The summed E-state index contributed by atoms with van der Waals surface area (Å²) >= 11 is -1.92. The molecule has 2 rings (SSSR count). The zero-order valence-corrected chi connectivity index (χ0v) is 17.1. The molecule has 0 nitrogen and oxygen atoms in total. The summed E-state index contributed by atoms with van der Waals surface area (Å²) in [6.45, 7) is 9.76. The van der Waals surface area contributed by atoms with Crippen molar-refractivity contribution in [1.82, 2.24) is 0 Å². The molecule has 5 heteroatoms. The van der Waals surface area contributed by atoms with Gasteiger partial charge >= 0.3 is 42.6 Å². The van der Waals surface area contributed by atoms with E-state index in [9.17, 15) is 0 Å². The van der Waals surface area contributed by atoms with Crippen molar-refractivity contribution in [2.75, 3.05) is 0 Å².